The first kappa shape index (κ1) is 12.2. The molecule has 3 heteroatoms. The van der Waals surface area contributed by atoms with Crippen molar-refractivity contribution < 1.29 is 28.5 Å². The van der Waals surface area contributed by atoms with Crippen molar-refractivity contribution in [3.63, 3.8) is 0 Å². The van der Waals surface area contributed by atoms with Gasteiger partial charge in [0.2, 0.25) is 0 Å². The molecule has 0 saturated carbocycles. The second-order valence-electron chi connectivity index (χ2n) is 2.99. The fourth-order valence-electron chi connectivity index (χ4n) is 1.51. The molecule has 1 heterocycles. The molecule has 0 aliphatic carbocycles. The van der Waals surface area contributed by atoms with Crippen LogP contribution in [0.25, 0.3) is 8.92 Å². The molecule has 1 aromatic heterocycles. The van der Waals surface area contributed by atoms with E-state index in [0.29, 0.717) is 0 Å². The van der Waals surface area contributed by atoms with Crippen LogP contribution < -0.4 is 28.5 Å². The van der Waals surface area contributed by atoms with Crippen LogP contribution in [-0.4, -0.2) is 20.4 Å². The van der Waals surface area contributed by atoms with E-state index in [1.807, 2.05) is 6.08 Å². The molecule has 0 aliphatic heterocycles. The Labute approximate surface area is 111 Å². The first-order chi connectivity index (χ1) is 6.33. The molecule has 0 spiro atoms. The van der Waals surface area contributed by atoms with Gasteiger partial charge >= 0.3 is 88.0 Å². The van der Waals surface area contributed by atoms with E-state index in [1.54, 1.807) is 7.11 Å². The van der Waals surface area contributed by atoms with Gasteiger partial charge in [-0.05, 0) is 0 Å². The van der Waals surface area contributed by atoms with Crippen LogP contribution in [0.15, 0.2) is 36.9 Å². The van der Waals surface area contributed by atoms with Crippen LogP contribution in [0, 0.1) is 6.92 Å². The summed E-state index contributed by atoms with van der Waals surface area (Å²) in [6.45, 7) is 6.98. The number of hydrogen-bond acceptors (Lipinski definition) is 0. The number of para-hydroxylation sites is 1. The number of hydrogen-bond donors (Lipinski definition) is 0. The topological polar surface area (TPSA) is 3.88 Å². The molecule has 2 rings (SSSR count). The first-order valence-electron chi connectivity index (χ1n) is 4.32. The Bertz CT molecular complexity index is 447. The number of allylic oxidation sites excluding steroid dienone is 1. The Morgan fingerprint density at radius 1 is 1.43 bits per heavy atom. The predicted octanol–water partition coefficient (Wildman–Crippen LogP) is -1.32. The van der Waals surface area contributed by atoms with Gasteiger partial charge in [0.15, 0.2) is 0 Å². The van der Waals surface area contributed by atoms with Gasteiger partial charge in [0.05, 0.1) is 0 Å². The van der Waals surface area contributed by atoms with Crippen LogP contribution >= 0.6 is 0 Å². The molecule has 0 unspecified atom stereocenters. The van der Waals surface area contributed by atoms with Crippen LogP contribution in [0.1, 0.15) is 3.71 Å². The fraction of sp³-hybridized carbons (Fsp3) is 0.182. The van der Waals surface area contributed by atoms with Crippen LogP contribution in [-0.2, 0) is 6.54 Å². The van der Waals surface area contributed by atoms with Crippen molar-refractivity contribution in [3.05, 3.63) is 40.6 Å². The molecule has 0 radical (unpaired) electrons. The van der Waals surface area contributed by atoms with Gasteiger partial charge in [-0.25, -0.2) is 0 Å². The SMILES string of the molecule is C=CC[n+]1c(C)[te]c2ccccc21.[I-]. The second kappa shape index (κ2) is 5.29. The van der Waals surface area contributed by atoms with Crippen LogP contribution in [0.5, 0.6) is 0 Å². The molecular formula is C11H12INTe. The Balaban J connectivity index is 0.000000980. The van der Waals surface area contributed by atoms with Gasteiger partial charge in [-0.15, -0.1) is 0 Å². The summed E-state index contributed by atoms with van der Waals surface area (Å²) in [5, 5.41) is 0. The minimum absolute atomic E-state index is 0. The maximum atomic E-state index is 3.79. The molecule has 2 aromatic rings. The van der Waals surface area contributed by atoms with Crippen molar-refractivity contribution in [2.24, 2.45) is 0 Å². The fourth-order valence-corrected chi connectivity index (χ4v) is 4.45. The smallest absolute Gasteiger partial charge is 1.00 e. The van der Waals surface area contributed by atoms with E-state index >= 15 is 0 Å². The van der Waals surface area contributed by atoms with Crippen LogP contribution in [0.3, 0.4) is 0 Å². The normalized spacial score (nSPS) is 9.79. The van der Waals surface area contributed by atoms with Crippen LogP contribution in [0.2, 0.25) is 0 Å². The summed E-state index contributed by atoms with van der Waals surface area (Å²) < 4.78 is 5.49. The zero-order valence-electron chi connectivity index (χ0n) is 8.03. The number of aryl methyl sites for hydroxylation is 1. The minimum atomic E-state index is -0.0773. The van der Waals surface area contributed by atoms with Gasteiger partial charge in [0.1, 0.15) is 0 Å². The molecule has 0 amide bonds. The summed E-state index contributed by atoms with van der Waals surface area (Å²) in [6, 6.07) is 8.71. The molecular weight excluding hydrogens is 401 g/mol. The third-order valence-electron chi connectivity index (χ3n) is 2.11. The average molecular weight is 413 g/mol. The van der Waals surface area contributed by atoms with Gasteiger partial charge in [0, 0.05) is 0 Å². The number of nitrogens with zero attached hydrogens (tertiary/aromatic N) is 1. The van der Waals surface area contributed by atoms with Gasteiger partial charge < -0.3 is 24.0 Å². The number of aromatic nitrogens is 1. The molecule has 0 N–H and O–H groups in total. The third-order valence-corrected chi connectivity index (χ3v) is 5.19. The van der Waals surface area contributed by atoms with Crippen molar-refractivity contribution in [2.75, 3.05) is 0 Å². The monoisotopic (exact) mass is 415 g/mol. The van der Waals surface area contributed by atoms with E-state index in [9.17, 15) is 0 Å². The van der Waals surface area contributed by atoms with Crippen molar-refractivity contribution in [2.45, 2.75) is 13.5 Å². The van der Waals surface area contributed by atoms with Crippen molar-refractivity contribution in [1.82, 2.24) is 0 Å². The summed E-state index contributed by atoms with van der Waals surface area (Å²) in [6.07, 6.45) is 1.97. The predicted molar refractivity (Wildman–Crippen MR) is 56.0 cm³/mol. The number of benzene rings is 1. The van der Waals surface area contributed by atoms with Crippen molar-refractivity contribution in [3.8, 4) is 0 Å². The summed E-state index contributed by atoms with van der Waals surface area (Å²) >= 11 is -0.0773. The molecule has 74 valence electrons. The summed E-state index contributed by atoms with van der Waals surface area (Å²) in [5.41, 5.74) is 1.40. The Kier molecular flexibility index (Phi) is 4.62. The van der Waals surface area contributed by atoms with Gasteiger partial charge in [-0.1, -0.05) is 0 Å². The maximum Gasteiger partial charge on any atom is -1.00 e. The molecule has 1 aromatic carbocycles. The maximum absolute atomic E-state index is 3.79. The molecule has 0 atom stereocenters. The molecule has 0 aliphatic rings. The Morgan fingerprint density at radius 2 is 2.14 bits per heavy atom. The van der Waals surface area contributed by atoms with E-state index in [-0.39, 0.29) is 44.4 Å². The summed E-state index contributed by atoms with van der Waals surface area (Å²) in [7, 11) is 0. The van der Waals surface area contributed by atoms with E-state index in [4.69, 9.17) is 0 Å². The van der Waals surface area contributed by atoms with Crippen molar-refractivity contribution in [1.29, 1.82) is 0 Å². The van der Waals surface area contributed by atoms with Crippen LogP contribution in [0.4, 0.5) is 0 Å². The Morgan fingerprint density at radius 3 is 2.86 bits per heavy atom. The number of halogens is 1. The summed E-state index contributed by atoms with van der Waals surface area (Å²) in [5.74, 6) is 0. The third kappa shape index (κ3) is 2.21. The van der Waals surface area contributed by atoms with E-state index in [2.05, 4.69) is 42.3 Å². The molecule has 0 fully saturated rings. The number of fused-ring (bicyclic) bond motifs is 1. The van der Waals surface area contributed by atoms with E-state index < -0.39 is 0 Å². The second-order valence-corrected chi connectivity index (χ2v) is 6.51. The summed E-state index contributed by atoms with van der Waals surface area (Å²) in [4.78, 5) is 0. The quantitative estimate of drug-likeness (QED) is 0.249. The van der Waals surface area contributed by atoms with E-state index in [1.165, 1.54) is 5.52 Å². The first-order valence-corrected chi connectivity index (χ1v) is 6.65. The standard InChI is InChI=1S/C11H12NTe.HI/c1-3-8-12-9(2)13-11-7-5-4-6-10(11)12;/h3-7H,1,8H2,2H3;1H/q+1;/p-1. The molecule has 14 heavy (non-hydrogen) atoms. The minimum Gasteiger partial charge on any atom is -1.00 e. The van der Waals surface area contributed by atoms with Gasteiger partial charge in [0.25, 0.3) is 0 Å². The van der Waals surface area contributed by atoms with Gasteiger partial charge in [-0.2, -0.15) is 0 Å². The Hall–Kier alpha value is 0.150. The van der Waals surface area contributed by atoms with E-state index in [0.717, 1.165) is 6.54 Å². The largest absolute Gasteiger partial charge is 1.00 e. The number of rotatable bonds is 2. The van der Waals surface area contributed by atoms with Gasteiger partial charge in [-0.3, -0.25) is 0 Å². The zero-order valence-corrected chi connectivity index (χ0v) is 12.5. The van der Waals surface area contributed by atoms with Crippen molar-refractivity contribution >= 4 is 29.3 Å². The molecule has 0 bridgehead atoms. The molecule has 1 nitrogen and oxygen atoms in total. The zero-order chi connectivity index (χ0) is 9.26. The molecule has 0 saturated heterocycles. The average Bonchev–Trinajstić information content (AvgIpc) is 2.44.